The maximum Gasteiger partial charge on any atom is 0.573 e. The Morgan fingerprint density at radius 1 is 1.00 bits per heavy atom. The number of benzene rings is 2. The molecule has 0 aliphatic heterocycles. The fourth-order valence-corrected chi connectivity index (χ4v) is 3.20. The van der Waals surface area contributed by atoms with Gasteiger partial charge in [-0.1, -0.05) is 0 Å². The molecule has 182 valence electrons. The predicted octanol–water partition coefficient (Wildman–Crippen LogP) is 4.46. The summed E-state index contributed by atoms with van der Waals surface area (Å²) >= 11 is 0. The van der Waals surface area contributed by atoms with Crippen molar-refractivity contribution in [2.45, 2.75) is 13.3 Å². The number of aromatic nitrogens is 1. The Bertz CT molecular complexity index is 1130. The highest BCUT2D eigenvalue weighted by Gasteiger charge is 2.31. The average Bonchev–Trinajstić information content (AvgIpc) is 2.76. The van der Waals surface area contributed by atoms with Gasteiger partial charge in [-0.15, -0.1) is 13.2 Å². The van der Waals surface area contributed by atoms with Crippen molar-refractivity contribution >= 4 is 28.3 Å². The first-order chi connectivity index (χ1) is 16.0. The van der Waals surface area contributed by atoms with E-state index >= 15 is 0 Å². The first-order valence-electron chi connectivity index (χ1n) is 10.6. The van der Waals surface area contributed by atoms with Gasteiger partial charge in [0.25, 0.3) is 5.91 Å². The predicted molar refractivity (Wildman–Crippen MR) is 126 cm³/mol. The summed E-state index contributed by atoms with van der Waals surface area (Å²) in [6, 6.07) is 12.3. The number of fused-ring (bicyclic) bond motifs is 1. The monoisotopic (exact) mass is 476 g/mol. The van der Waals surface area contributed by atoms with Crippen LogP contribution in [0.3, 0.4) is 0 Å². The van der Waals surface area contributed by atoms with Crippen LogP contribution in [0.25, 0.3) is 10.9 Å². The lowest BCUT2D eigenvalue weighted by Gasteiger charge is -2.21. The number of nitrogens with one attached hydrogen (secondary N) is 1. The summed E-state index contributed by atoms with van der Waals surface area (Å²) in [5.74, 6) is 0.356. The van der Waals surface area contributed by atoms with Gasteiger partial charge in [0.15, 0.2) is 6.61 Å². The quantitative estimate of drug-likeness (QED) is 0.492. The van der Waals surface area contributed by atoms with E-state index in [4.69, 9.17) is 9.72 Å². The van der Waals surface area contributed by atoms with Gasteiger partial charge in [0, 0.05) is 31.2 Å². The second kappa shape index (κ2) is 10.6. The smallest absolute Gasteiger partial charge is 0.484 e. The lowest BCUT2D eigenvalue weighted by molar-refractivity contribution is -0.274. The SMILES string of the molecule is Cc1cc(N(C)CCN(C)C)nc2ccc(NC(=O)COc3ccc(OC(F)(F)F)cc3)cc12. The Labute approximate surface area is 196 Å². The van der Waals surface area contributed by atoms with Crippen LogP contribution in [0.2, 0.25) is 0 Å². The molecule has 0 saturated heterocycles. The van der Waals surface area contributed by atoms with Crippen molar-refractivity contribution in [3.63, 3.8) is 0 Å². The molecule has 1 N–H and O–H groups in total. The number of hydrogen-bond donors (Lipinski definition) is 1. The Balaban J connectivity index is 1.60. The normalized spacial score (nSPS) is 11.5. The Morgan fingerprint density at radius 2 is 1.68 bits per heavy atom. The molecule has 0 fully saturated rings. The highest BCUT2D eigenvalue weighted by Crippen LogP contribution is 2.26. The van der Waals surface area contributed by atoms with Gasteiger partial charge in [0.1, 0.15) is 17.3 Å². The summed E-state index contributed by atoms with van der Waals surface area (Å²) in [6.07, 6.45) is -4.76. The van der Waals surface area contributed by atoms with Crippen LogP contribution in [0.15, 0.2) is 48.5 Å². The molecule has 3 aromatic rings. The lowest BCUT2D eigenvalue weighted by Crippen LogP contribution is -2.29. The second-order valence-electron chi connectivity index (χ2n) is 8.11. The third-order valence-electron chi connectivity index (χ3n) is 4.99. The van der Waals surface area contributed by atoms with E-state index in [0.717, 1.165) is 47.5 Å². The Kier molecular flexibility index (Phi) is 7.83. The summed E-state index contributed by atoms with van der Waals surface area (Å²) in [4.78, 5) is 21.2. The molecule has 0 atom stereocenters. The van der Waals surface area contributed by atoms with Crippen molar-refractivity contribution in [1.82, 2.24) is 9.88 Å². The highest BCUT2D eigenvalue weighted by molar-refractivity contribution is 5.95. The highest BCUT2D eigenvalue weighted by atomic mass is 19.4. The minimum atomic E-state index is -4.76. The number of hydrogen-bond acceptors (Lipinski definition) is 6. The molecule has 1 amide bonds. The first-order valence-corrected chi connectivity index (χ1v) is 10.6. The third kappa shape index (κ3) is 7.24. The van der Waals surface area contributed by atoms with E-state index in [9.17, 15) is 18.0 Å². The number of rotatable bonds is 9. The molecule has 1 aromatic heterocycles. The zero-order valence-corrected chi connectivity index (χ0v) is 19.4. The summed E-state index contributed by atoms with van der Waals surface area (Å²) in [7, 11) is 6.05. The van der Waals surface area contributed by atoms with Crippen LogP contribution in [0, 0.1) is 6.92 Å². The molecule has 3 rings (SSSR count). The van der Waals surface area contributed by atoms with Gasteiger partial charge in [-0.05, 0) is 75.1 Å². The summed E-state index contributed by atoms with van der Waals surface area (Å²) in [6.45, 7) is 3.45. The van der Waals surface area contributed by atoms with E-state index in [-0.39, 0.29) is 18.1 Å². The van der Waals surface area contributed by atoms with E-state index < -0.39 is 12.3 Å². The van der Waals surface area contributed by atoms with E-state index in [2.05, 4.69) is 19.9 Å². The van der Waals surface area contributed by atoms with Crippen LogP contribution in [0.4, 0.5) is 24.7 Å². The molecule has 0 radical (unpaired) electrons. The molecule has 0 spiro atoms. The van der Waals surface area contributed by atoms with Crippen LogP contribution in [0.1, 0.15) is 5.56 Å². The zero-order chi connectivity index (χ0) is 24.9. The molecule has 0 aliphatic carbocycles. The zero-order valence-electron chi connectivity index (χ0n) is 19.4. The summed E-state index contributed by atoms with van der Waals surface area (Å²) in [5.41, 5.74) is 2.45. The molecular formula is C24H27F3N4O3. The molecular weight excluding hydrogens is 449 g/mol. The molecule has 0 aliphatic rings. The van der Waals surface area contributed by atoms with Crippen molar-refractivity contribution in [1.29, 1.82) is 0 Å². The molecule has 1 heterocycles. The number of carbonyl (C=O) groups is 1. The van der Waals surface area contributed by atoms with Gasteiger partial charge >= 0.3 is 6.36 Å². The standard InChI is InChI=1S/C24H27F3N4O3/c1-16-13-22(31(4)12-11-30(2)3)29-21-10-5-17(14-20(16)21)28-23(32)15-33-18-6-8-19(9-7-18)34-24(25,26)27/h5-10,13-14H,11-12,15H2,1-4H3,(H,28,32). The fourth-order valence-electron chi connectivity index (χ4n) is 3.20. The molecule has 34 heavy (non-hydrogen) atoms. The van der Waals surface area contributed by atoms with Gasteiger partial charge in [0.2, 0.25) is 0 Å². The fraction of sp³-hybridized carbons (Fsp3) is 0.333. The van der Waals surface area contributed by atoms with Crippen LogP contribution in [-0.4, -0.2) is 63.0 Å². The van der Waals surface area contributed by atoms with Crippen molar-refractivity contribution in [3.8, 4) is 11.5 Å². The number of pyridine rings is 1. The van der Waals surface area contributed by atoms with Gasteiger partial charge in [0.05, 0.1) is 5.52 Å². The number of likely N-dealkylation sites (N-methyl/N-ethyl adjacent to an activating group) is 2. The van der Waals surface area contributed by atoms with Gasteiger partial charge in [-0.2, -0.15) is 0 Å². The number of nitrogens with zero attached hydrogens (tertiary/aromatic N) is 3. The molecule has 2 aromatic carbocycles. The van der Waals surface area contributed by atoms with E-state index in [1.165, 1.54) is 12.1 Å². The maximum absolute atomic E-state index is 12.3. The lowest BCUT2D eigenvalue weighted by atomic mass is 10.1. The van der Waals surface area contributed by atoms with Crippen molar-refractivity contribution in [2.75, 3.05) is 51.1 Å². The number of halogens is 3. The number of alkyl halides is 3. The molecule has 10 heteroatoms. The van der Waals surface area contributed by atoms with Gasteiger partial charge < -0.3 is 24.6 Å². The molecule has 0 unspecified atom stereocenters. The minimum absolute atomic E-state index is 0.245. The van der Waals surface area contributed by atoms with Gasteiger partial charge in [-0.25, -0.2) is 4.98 Å². The maximum atomic E-state index is 12.3. The number of carbonyl (C=O) groups excluding carboxylic acids is 1. The first kappa shape index (κ1) is 25.1. The van der Waals surface area contributed by atoms with Crippen LogP contribution in [-0.2, 0) is 4.79 Å². The number of amides is 1. The number of anilines is 2. The van der Waals surface area contributed by atoms with Crippen molar-refractivity contribution in [2.24, 2.45) is 0 Å². The van der Waals surface area contributed by atoms with Crippen LogP contribution in [0.5, 0.6) is 11.5 Å². The van der Waals surface area contributed by atoms with Crippen molar-refractivity contribution in [3.05, 3.63) is 54.1 Å². The Morgan fingerprint density at radius 3 is 2.32 bits per heavy atom. The molecule has 7 nitrogen and oxygen atoms in total. The van der Waals surface area contributed by atoms with E-state index in [0.29, 0.717) is 5.69 Å². The Hall–Kier alpha value is -3.53. The largest absolute Gasteiger partial charge is 0.573 e. The van der Waals surface area contributed by atoms with E-state index in [1.807, 2.05) is 46.3 Å². The topological polar surface area (TPSA) is 66.9 Å². The summed E-state index contributed by atoms with van der Waals surface area (Å²) in [5, 5.41) is 3.68. The van der Waals surface area contributed by atoms with Gasteiger partial charge in [-0.3, -0.25) is 4.79 Å². The molecule has 0 bridgehead atoms. The minimum Gasteiger partial charge on any atom is -0.484 e. The summed E-state index contributed by atoms with van der Waals surface area (Å²) < 4.78 is 45.8. The number of aryl methyl sites for hydroxylation is 1. The third-order valence-corrected chi connectivity index (χ3v) is 4.99. The van der Waals surface area contributed by atoms with Crippen molar-refractivity contribution < 1.29 is 27.4 Å². The van der Waals surface area contributed by atoms with Crippen LogP contribution < -0.4 is 19.7 Å². The average molecular weight is 476 g/mol. The number of ether oxygens (including phenoxy) is 2. The van der Waals surface area contributed by atoms with Crippen LogP contribution >= 0.6 is 0 Å². The van der Waals surface area contributed by atoms with E-state index in [1.54, 1.807) is 6.07 Å². The molecule has 0 saturated carbocycles. The second-order valence-corrected chi connectivity index (χ2v) is 8.11.